The average Bonchev–Trinajstić information content (AvgIpc) is 2.49. The molecule has 23 heavy (non-hydrogen) atoms. The van der Waals surface area contributed by atoms with E-state index in [1.54, 1.807) is 18.2 Å². The Kier molecular flexibility index (Phi) is 7.17. The third-order valence-electron chi connectivity index (χ3n) is 4.19. The molecule has 1 heterocycles. The minimum Gasteiger partial charge on any atom is -0.303 e. The fourth-order valence-electron chi connectivity index (χ4n) is 2.72. The van der Waals surface area contributed by atoms with Crippen molar-refractivity contribution in [3.8, 4) is 0 Å². The molecule has 4 nitrogen and oxygen atoms in total. The van der Waals surface area contributed by atoms with Gasteiger partial charge < -0.3 is 4.90 Å². The van der Waals surface area contributed by atoms with Gasteiger partial charge in [0.05, 0.1) is 15.8 Å². The summed E-state index contributed by atoms with van der Waals surface area (Å²) < 4.78 is 26.8. The van der Waals surface area contributed by atoms with Gasteiger partial charge in [0.2, 0.25) is 10.0 Å². The molecule has 130 valence electrons. The molecule has 0 unspecified atom stereocenters. The standard InChI is InChI=1S/C16H24Cl2N2O2S/c1-13-5-9-20(10-6-13)8-2-7-19-23(21,22)12-14-3-4-15(17)16(18)11-14/h3-4,11,13,19H,2,5-10,12H2,1H3. The second-order valence-corrected chi connectivity index (χ2v) is 8.90. The first kappa shape index (κ1) is 19.0. The van der Waals surface area contributed by atoms with Crippen molar-refractivity contribution >= 4 is 33.2 Å². The Morgan fingerprint density at radius 2 is 1.91 bits per heavy atom. The Labute approximate surface area is 149 Å². The second kappa shape index (κ2) is 8.67. The zero-order valence-electron chi connectivity index (χ0n) is 13.4. The van der Waals surface area contributed by atoms with Gasteiger partial charge in [-0.25, -0.2) is 13.1 Å². The summed E-state index contributed by atoms with van der Waals surface area (Å²) in [6, 6.07) is 4.90. The summed E-state index contributed by atoms with van der Waals surface area (Å²) in [5.74, 6) is 0.737. The van der Waals surface area contributed by atoms with E-state index in [1.807, 2.05) is 0 Å². The first-order valence-corrected chi connectivity index (χ1v) is 10.4. The van der Waals surface area contributed by atoms with Gasteiger partial charge in [-0.3, -0.25) is 0 Å². The minimum absolute atomic E-state index is 0.0783. The molecule has 1 aliphatic rings. The number of likely N-dealkylation sites (tertiary alicyclic amines) is 1. The summed E-state index contributed by atoms with van der Waals surface area (Å²) in [5.41, 5.74) is 0.636. The van der Waals surface area contributed by atoms with Gasteiger partial charge in [0.15, 0.2) is 0 Å². The van der Waals surface area contributed by atoms with E-state index in [-0.39, 0.29) is 5.75 Å². The summed E-state index contributed by atoms with van der Waals surface area (Å²) in [6.45, 7) is 5.95. The molecular weight excluding hydrogens is 355 g/mol. The highest BCUT2D eigenvalue weighted by Gasteiger charge is 2.16. The summed E-state index contributed by atoms with van der Waals surface area (Å²) in [4.78, 5) is 2.41. The van der Waals surface area contributed by atoms with E-state index in [2.05, 4.69) is 16.5 Å². The number of benzene rings is 1. The van der Waals surface area contributed by atoms with Gasteiger partial charge in [-0.1, -0.05) is 36.2 Å². The van der Waals surface area contributed by atoms with Crippen LogP contribution in [0, 0.1) is 5.92 Å². The maximum Gasteiger partial charge on any atom is 0.215 e. The SMILES string of the molecule is CC1CCN(CCCNS(=O)(=O)Cc2ccc(Cl)c(Cl)c2)CC1. The van der Waals surface area contributed by atoms with E-state index in [1.165, 1.54) is 12.8 Å². The highest BCUT2D eigenvalue weighted by Crippen LogP contribution is 2.23. The topological polar surface area (TPSA) is 49.4 Å². The normalized spacial score (nSPS) is 17.5. The van der Waals surface area contributed by atoms with Crippen LogP contribution in [0.15, 0.2) is 18.2 Å². The van der Waals surface area contributed by atoms with Crippen molar-refractivity contribution in [3.63, 3.8) is 0 Å². The number of hydrogen-bond donors (Lipinski definition) is 1. The molecule has 7 heteroatoms. The maximum absolute atomic E-state index is 12.1. The van der Waals surface area contributed by atoms with E-state index < -0.39 is 10.0 Å². The van der Waals surface area contributed by atoms with Crippen LogP contribution in [0.25, 0.3) is 0 Å². The molecule has 0 spiro atoms. The zero-order valence-corrected chi connectivity index (χ0v) is 15.7. The van der Waals surface area contributed by atoms with Crippen LogP contribution in [-0.2, 0) is 15.8 Å². The summed E-state index contributed by atoms with van der Waals surface area (Å²) in [6.07, 6.45) is 3.31. The van der Waals surface area contributed by atoms with Crippen molar-refractivity contribution in [2.75, 3.05) is 26.2 Å². The lowest BCUT2D eigenvalue weighted by Gasteiger charge is -2.30. The molecule has 0 bridgehead atoms. The van der Waals surface area contributed by atoms with E-state index >= 15 is 0 Å². The zero-order chi connectivity index (χ0) is 16.9. The third kappa shape index (κ3) is 6.59. The highest BCUT2D eigenvalue weighted by molar-refractivity contribution is 7.88. The van der Waals surface area contributed by atoms with Gasteiger partial charge >= 0.3 is 0 Å². The molecule has 1 saturated heterocycles. The Bertz CT molecular complexity index is 615. The molecule has 0 radical (unpaired) electrons. The Morgan fingerprint density at radius 1 is 1.22 bits per heavy atom. The Morgan fingerprint density at radius 3 is 2.57 bits per heavy atom. The molecule has 0 aliphatic carbocycles. The molecule has 1 aromatic carbocycles. The maximum atomic E-state index is 12.1. The number of nitrogens with zero attached hydrogens (tertiary/aromatic N) is 1. The Hall–Kier alpha value is -0.330. The van der Waals surface area contributed by atoms with Crippen LogP contribution in [-0.4, -0.2) is 39.5 Å². The van der Waals surface area contributed by atoms with Crippen molar-refractivity contribution in [2.45, 2.75) is 31.9 Å². The average molecular weight is 379 g/mol. The van der Waals surface area contributed by atoms with Gasteiger partial charge in [0.1, 0.15) is 0 Å². The molecule has 2 rings (SSSR count). The number of rotatable bonds is 7. The predicted molar refractivity (Wildman–Crippen MR) is 96.5 cm³/mol. The van der Waals surface area contributed by atoms with Gasteiger partial charge in [-0.05, 0) is 62.5 Å². The molecule has 1 fully saturated rings. The molecule has 0 aromatic heterocycles. The van der Waals surface area contributed by atoms with E-state index in [9.17, 15) is 8.42 Å². The van der Waals surface area contributed by atoms with Gasteiger partial charge in [0.25, 0.3) is 0 Å². The summed E-state index contributed by atoms with van der Waals surface area (Å²) in [7, 11) is -3.35. The summed E-state index contributed by atoms with van der Waals surface area (Å²) in [5, 5.41) is 0.801. The fourth-order valence-corrected chi connectivity index (χ4v) is 4.21. The molecule has 1 aromatic rings. The number of piperidine rings is 1. The molecule has 1 aliphatic heterocycles. The lowest BCUT2D eigenvalue weighted by atomic mass is 9.99. The second-order valence-electron chi connectivity index (χ2n) is 6.28. The van der Waals surface area contributed by atoms with Gasteiger partial charge in [-0.15, -0.1) is 0 Å². The van der Waals surface area contributed by atoms with Crippen LogP contribution in [0.1, 0.15) is 31.7 Å². The third-order valence-corrected chi connectivity index (χ3v) is 6.29. The smallest absolute Gasteiger partial charge is 0.215 e. The highest BCUT2D eigenvalue weighted by atomic mass is 35.5. The van der Waals surface area contributed by atoms with Crippen LogP contribution in [0.5, 0.6) is 0 Å². The molecule has 0 saturated carbocycles. The van der Waals surface area contributed by atoms with E-state index in [4.69, 9.17) is 23.2 Å². The van der Waals surface area contributed by atoms with Crippen molar-refractivity contribution in [2.24, 2.45) is 5.92 Å². The largest absolute Gasteiger partial charge is 0.303 e. The van der Waals surface area contributed by atoms with Gasteiger partial charge in [0, 0.05) is 6.54 Å². The first-order valence-electron chi connectivity index (χ1n) is 7.99. The number of sulfonamides is 1. The quantitative estimate of drug-likeness (QED) is 0.738. The van der Waals surface area contributed by atoms with Crippen molar-refractivity contribution in [1.82, 2.24) is 9.62 Å². The fraction of sp³-hybridized carbons (Fsp3) is 0.625. The molecular formula is C16H24Cl2N2O2S. The molecule has 1 N–H and O–H groups in total. The number of halogens is 2. The monoisotopic (exact) mass is 378 g/mol. The number of hydrogen-bond acceptors (Lipinski definition) is 3. The van der Waals surface area contributed by atoms with E-state index in [0.717, 1.165) is 32.0 Å². The van der Waals surface area contributed by atoms with Crippen LogP contribution in [0.3, 0.4) is 0 Å². The summed E-state index contributed by atoms with van der Waals surface area (Å²) >= 11 is 11.7. The Balaban J connectivity index is 1.72. The van der Waals surface area contributed by atoms with Crippen LogP contribution < -0.4 is 4.72 Å². The van der Waals surface area contributed by atoms with Crippen LogP contribution >= 0.6 is 23.2 Å². The van der Waals surface area contributed by atoms with Crippen LogP contribution in [0.4, 0.5) is 0 Å². The van der Waals surface area contributed by atoms with Crippen molar-refractivity contribution < 1.29 is 8.42 Å². The molecule has 0 amide bonds. The van der Waals surface area contributed by atoms with Gasteiger partial charge in [-0.2, -0.15) is 0 Å². The van der Waals surface area contributed by atoms with Crippen LogP contribution in [0.2, 0.25) is 10.0 Å². The van der Waals surface area contributed by atoms with Crippen molar-refractivity contribution in [3.05, 3.63) is 33.8 Å². The number of nitrogens with one attached hydrogen (secondary N) is 1. The molecule has 0 atom stereocenters. The lowest BCUT2D eigenvalue weighted by molar-refractivity contribution is 0.191. The predicted octanol–water partition coefficient (Wildman–Crippen LogP) is 3.53. The van der Waals surface area contributed by atoms with E-state index in [0.29, 0.717) is 22.2 Å². The first-order chi connectivity index (χ1) is 10.9. The lowest BCUT2D eigenvalue weighted by Crippen LogP contribution is -2.35. The minimum atomic E-state index is -3.35. The van der Waals surface area contributed by atoms with Crippen molar-refractivity contribution in [1.29, 1.82) is 0 Å².